The Morgan fingerprint density at radius 2 is 2.06 bits per heavy atom. The molecule has 0 amide bonds. The maximum Gasteiger partial charge on any atom is 0.148 e. The number of hydrogen-bond donors (Lipinski definition) is 1. The summed E-state index contributed by atoms with van der Waals surface area (Å²) in [6.07, 6.45) is 1.25. The molecule has 1 atom stereocenters. The minimum atomic E-state index is -2.94. The Morgan fingerprint density at radius 3 is 2.56 bits per heavy atom. The first-order chi connectivity index (χ1) is 8.33. The Labute approximate surface area is 109 Å². The van der Waals surface area contributed by atoms with E-state index in [1.54, 1.807) is 18.2 Å². The van der Waals surface area contributed by atoms with E-state index < -0.39 is 9.84 Å². The van der Waals surface area contributed by atoms with Crippen LogP contribution in [0.1, 0.15) is 25.5 Å². The first-order valence-electron chi connectivity index (χ1n) is 6.04. The smallest absolute Gasteiger partial charge is 0.148 e. The van der Waals surface area contributed by atoms with Gasteiger partial charge in [0.15, 0.2) is 0 Å². The second-order valence-corrected chi connectivity index (χ2v) is 6.79. The van der Waals surface area contributed by atoms with Gasteiger partial charge in [-0.05, 0) is 31.2 Å². The summed E-state index contributed by atoms with van der Waals surface area (Å²) in [4.78, 5) is 2.08. The zero-order chi connectivity index (χ0) is 13.8. The Bertz CT molecular complexity index is 485. The fraction of sp³-hybridized carbons (Fsp3) is 0.538. The molecule has 0 radical (unpaired) electrons. The monoisotopic (exact) mass is 271 g/mol. The molecule has 0 bridgehead atoms. The van der Waals surface area contributed by atoms with E-state index in [0.29, 0.717) is 6.54 Å². The van der Waals surface area contributed by atoms with Crippen molar-refractivity contribution < 1.29 is 13.5 Å². The molecule has 5 heteroatoms. The molecule has 0 saturated heterocycles. The van der Waals surface area contributed by atoms with Crippen molar-refractivity contribution in [3.8, 4) is 5.75 Å². The number of hydrogen-bond acceptors (Lipinski definition) is 4. The van der Waals surface area contributed by atoms with Crippen molar-refractivity contribution in [2.45, 2.75) is 19.9 Å². The highest BCUT2D eigenvalue weighted by molar-refractivity contribution is 7.90. The van der Waals surface area contributed by atoms with Crippen LogP contribution < -0.4 is 0 Å². The standard InChI is InChI=1S/C13H21NO3S/c1-4-14(8-9-18(3,16)17)11(2)12-6-5-7-13(15)10-12/h5-7,10-11,15H,4,8-9H2,1-3H3/t11-/m0/s1. The summed E-state index contributed by atoms with van der Waals surface area (Å²) in [6, 6.07) is 7.17. The third-order valence-corrected chi connectivity index (χ3v) is 3.98. The van der Waals surface area contributed by atoms with E-state index in [9.17, 15) is 13.5 Å². The molecule has 1 rings (SSSR count). The molecule has 1 aromatic rings. The van der Waals surface area contributed by atoms with Crippen LogP contribution >= 0.6 is 0 Å². The van der Waals surface area contributed by atoms with Gasteiger partial charge in [-0.3, -0.25) is 4.90 Å². The fourth-order valence-corrected chi connectivity index (χ4v) is 2.47. The van der Waals surface area contributed by atoms with E-state index in [-0.39, 0.29) is 17.5 Å². The highest BCUT2D eigenvalue weighted by Crippen LogP contribution is 2.22. The normalized spacial score (nSPS) is 13.8. The Morgan fingerprint density at radius 1 is 1.39 bits per heavy atom. The molecule has 1 N–H and O–H groups in total. The van der Waals surface area contributed by atoms with Crippen LogP contribution in [0.15, 0.2) is 24.3 Å². The number of nitrogens with zero attached hydrogens (tertiary/aromatic N) is 1. The molecule has 102 valence electrons. The molecule has 0 aliphatic rings. The number of sulfone groups is 1. The Kier molecular flexibility index (Phi) is 5.16. The van der Waals surface area contributed by atoms with Crippen molar-refractivity contribution in [1.82, 2.24) is 4.90 Å². The van der Waals surface area contributed by atoms with E-state index in [0.717, 1.165) is 12.1 Å². The summed E-state index contributed by atoms with van der Waals surface area (Å²) in [6.45, 7) is 5.29. The third-order valence-electron chi connectivity index (χ3n) is 3.06. The molecule has 0 spiro atoms. The lowest BCUT2D eigenvalue weighted by atomic mass is 10.1. The van der Waals surface area contributed by atoms with Gasteiger partial charge in [0.2, 0.25) is 0 Å². The van der Waals surface area contributed by atoms with Crippen LogP contribution in [0.25, 0.3) is 0 Å². The Hall–Kier alpha value is -1.07. The van der Waals surface area contributed by atoms with E-state index in [1.807, 2.05) is 19.9 Å². The van der Waals surface area contributed by atoms with E-state index >= 15 is 0 Å². The van der Waals surface area contributed by atoms with Gasteiger partial charge in [-0.15, -0.1) is 0 Å². The number of rotatable bonds is 6. The van der Waals surface area contributed by atoms with E-state index in [1.165, 1.54) is 6.26 Å². The summed E-state index contributed by atoms with van der Waals surface area (Å²) >= 11 is 0. The fourth-order valence-electron chi connectivity index (χ4n) is 1.90. The number of phenolic OH excluding ortho intramolecular Hbond substituents is 1. The highest BCUT2D eigenvalue weighted by atomic mass is 32.2. The lowest BCUT2D eigenvalue weighted by molar-refractivity contribution is 0.235. The third kappa shape index (κ3) is 4.66. The van der Waals surface area contributed by atoms with Crippen molar-refractivity contribution in [3.05, 3.63) is 29.8 Å². The van der Waals surface area contributed by atoms with Crippen molar-refractivity contribution in [3.63, 3.8) is 0 Å². The first-order valence-corrected chi connectivity index (χ1v) is 8.10. The largest absolute Gasteiger partial charge is 0.508 e. The predicted octanol–water partition coefficient (Wildman–Crippen LogP) is 1.82. The minimum Gasteiger partial charge on any atom is -0.508 e. The van der Waals surface area contributed by atoms with Gasteiger partial charge in [0.25, 0.3) is 0 Å². The lowest BCUT2D eigenvalue weighted by Gasteiger charge is -2.27. The van der Waals surface area contributed by atoms with Crippen LogP contribution in [0.2, 0.25) is 0 Å². The topological polar surface area (TPSA) is 57.6 Å². The summed E-state index contributed by atoms with van der Waals surface area (Å²) in [5, 5.41) is 9.46. The Balaban J connectivity index is 2.76. The zero-order valence-corrected chi connectivity index (χ0v) is 11.9. The minimum absolute atomic E-state index is 0.0869. The molecular weight excluding hydrogens is 250 g/mol. The molecule has 0 aromatic heterocycles. The van der Waals surface area contributed by atoms with Crippen molar-refractivity contribution in [2.75, 3.05) is 25.1 Å². The van der Waals surface area contributed by atoms with Crippen LogP contribution in [0, 0.1) is 0 Å². The molecule has 0 aliphatic heterocycles. The van der Waals surface area contributed by atoms with Crippen LogP contribution in [-0.4, -0.2) is 43.5 Å². The summed E-state index contributed by atoms with van der Waals surface area (Å²) in [5.74, 6) is 0.391. The highest BCUT2D eigenvalue weighted by Gasteiger charge is 2.16. The average Bonchev–Trinajstić information content (AvgIpc) is 2.28. The van der Waals surface area contributed by atoms with Gasteiger partial charge >= 0.3 is 0 Å². The van der Waals surface area contributed by atoms with E-state index in [4.69, 9.17) is 0 Å². The summed E-state index contributed by atoms with van der Waals surface area (Å²) in [7, 11) is -2.94. The SMILES string of the molecule is CCN(CCS(C)(=O)=O)[C@@H](C)c1cccc(O)c1. The number of benzene rings is 1. The second kappa shape index (κ2) is 6.20. The number of phenols is 1. The van der Waals surface area contributed by atoms with Gasteiger partial charge in [0, 0.05) is 18.8 Å². The zero-order valence-electron chi connectivity index (χ0n) is 11.1. The lowest BCUT2D eigenvalue weighted by Crippen LogP contribution is -2.31. The van der Waals surface area contributed by atoms with Crippen LogP contribution in [-0.2, 0) is 9.84 Å². The van der Waals surface area contributed by atoms with Gasteiger partial charge in [0.05, 0.1) is 5.75 Å². The predicted molar refractivity (Wildman–Crippen MR) is 73.5 cm³/mol. The van der Waals surface area contributed by atoms with E-state index in [2.05, 4.69) is 4.90 Å². The molecule has 0 fully saturated rings. The molecule has 0 unspecified atom stereocenters. The van der Waals surface area contributed by atoms with Gasteiger partial charge in [-0.2, -0.15) is 0 Å². The molecule has 1 aromatic carbocycles. The van der Waals surface area contributed by atoms with Crippen molar-refractivity contribution >= 4 is 9.84 Å². The van der Waals surface area contributed by atoms with Gasteiger partial charge in [0.1, 0.15) is 15.6 Å². The first kappa shape index (κ1) is 15.0. The molecule has 0 saturated carbocycles. The molecule has 0 aliphatic carbocycles. The van der Waals surface area contributed by atoms with Crippen LogP contribution in [0.5, 0.6) is 5.75 Å². The van der Waals surface area contributed by atoms with Gasteiger partial charge in [-0.25, -0.2) is 8.42 Å². The molecular formula is C13H21NO3S. The summed E-state index contributed by atoms with van der Waals surface area (Å²) in [5.41, 5.74) is 0.991. The summed E-state index contributed by atoms with van der Waals surface area (Å²) < 4.78 is 22.4. The van der Waals surface area contributed by atoms with Crippen molar-refractivity contribution in [2.24, 2.45) is 0 Å². The maximum absolute atomic E-state index is 11.2. The van der Waals surface area contributed by atoms with Crippen molar-refractivity contribution in [1.29, 1.82) is 0 Å². The quantitative estimate of drug-likeness (QED) is 0.857. The van der Waals surface area contributed by atoms with Gasteiger partial charge < -0.3 is 5.11 Å². The molecule has 0 heterocycles. The maximum atomic E-state index is 11.2. The second-order valence-electron chi connectivity index (χ2n) is 4.53. The van der Waals surface area contributed by atoms with Crippen LogP contribution in [0.3, 0.4) is 0 Å². The number of aromatic hydroxyl groups is 1. The average molecular weight is 271 g/mol. The molecule has 4 nitrogen and oxygen atoms in total. The molecule has 18 heavy (non-hydrogen) atoms. The van der Waals surface area contributed by atoms with Crippen LogP contribution in [0.4, 0.5) is 0 Å². The van der Waals surface area contributed by atoms with Gasteiger partial charge in [-0.1, -0.05) is 19.1 Å².